The Balaban J connectivity index is 2.07. The van der Waals surface area contributed by atoms with E-state index in [4.69, 9.17) is 9.47 Å². The maximum Gasteiger partial charge on any atom is 0.326 e. The summed E-state index contributed by atoms with van der Waals surface area (Å²) in [5, 5.41) is 0. The molecule has 7 heteroatoms. The Labute approximate surface area is 163 Å². The summed E-state index contributed by atoms with van der Waals surface area (Å²) in [4.78, 5) is 31.5. The van der Waals surface area contributed by atoms with Gasteiger partial charge in [-0.25, -0.2) is 4.98 Å². The smallest absolute Gasteiger partial charge is 0.326 e. The molecule has 2 aromatic heterocycles. The van der Waals surface area contributed by atoms with Crippen molar-refractivity contribution in [2.75, 3.05) is 24.7 Å². The van der Waals surface area contributed by atoms with Crippen molar-refractivity contribution in [2.45, 2.75) is 20.8 Å². The molecule has 28 heavy (non-hydrogen) atoms. The SMILES string of the molecule is CCOC(=O)CN(C(=O)c1c(C)nc2c(OCC)cccn12)c1ccccc1. The summed E-state index contributed by atoms with van der Waals surface area (Å²) < 4.78 is 12.4. The number of para-hydroxylation sites is 1. The second-order valence-electron chi connectivity index (χ2n) is 6.08. The van der Waals surface area contributed by atoms with E-state index in [1.54, 1.807) is 42.6 Å². The first-order valence-electron chi connectivity index (χ1n) is 9.19. The first-order valence-corrected chi connectivity index (χ1v) is 9.19. The Kier molecular flexibility index (Phi) is 5.93. The minimum Gasteiger partial charge on any atom is -0.490 e. The van der Waals surface area contributed by atoms with Crippen molar-refractivity contribution in [2.24, 2.45) is 0 Å². The third-order valence-corrected chi connectivity index (χ3v) is 4.20. The van der Waals surface area contributed by atoms with Crippen LogP contribution in [0.15, 0.2) is 48.7 Å². The third kappa shape index (κ3) is 3.83. The van der Waals surface area contributed by atoms with E-state index in [1.165, 1.54) is 4.90 Å². The molecule has 3 aromatic rings. The summed E-state index contributed by atoms with van der Waals surface area (Å²) in [6.07, 6.45) is 1.76. The molecular formula is C21H23N3O4. The minimum absolute atomic E-state index is 0.186. The normalized spacial score (nSPS) is 10.7. The van der Waals surface area contributed by atoms with E-state index in [2.05, 4.69) is 4.98 Å². The van der Waals surface area contributed by atoms with Crippen LogP contribution in [0.2, 0.25) is 0 Å². The lowest BCUT2D eigenvalue weighted by molar-refractivity contribution is -0.141. The fourth-order valence-corrected chi connectivity index (χ4v) is 3.03. The Morgan fingerprint density at radius 2 is 1.82 bits per heavy atom. The molecule has 0 radical (unpaired) electrons. The number of esters is 1. The predicted molar refractivity (Wildman–Crippen MR) is 106 cm³/mol. The summed E-state index contributed by atoms with van der Waals surface area (Å²) in [6, 6.07) is 12.7. The van der Waals surface area contributed by atoms with E-state index in [9.17, 15) is 9.59 Å². The Hall–Kier alpha value is -3.35. The number of carbonyl (C=O) groups is 2. The minimum atomic E-state index is -0.471. The van der Waals surface area contributed by atoms with Gasteiger partial charge in [-0.3, -0.25) is 18.9 Å². The van der Waals surface area contributed by atoms with E-state index >= 15 is 0 Å². The van der Waals surface area contributed by atoms with Gasteiger partial charge in [-0.05, 0) is 45.0 Å². The molecule has 0 spiro atoms. The fraction of sp³-hybridized carbons (Fsp3) is 0.286. The predicted octanol–water partition coefficient (Wildman–Crippen LogP) is 3.25. The largest absolute Gasteiger partial charge is 0.490 e. The molecule has 0 fully saturated rings. The van der Waals surface area contributed by atoms with Crippen molar-refractivity contribution in [3.05, 3.63) is 60.0 Å². The topological polar surface area (TPSA) is 73.1 Å². The number of ether oxygens (including phenoxy) is 2. The third-order valence-electron chi connectivity index (χ3n) is 4.20. The number of benzene rings is 1. The van der Waals surface area contributed by atoms with E-state index in [0.717, 1.165) is 0 Å². The molecule has 3 rings (SSSR count). The average Bonchev–Trinajstić information content (AvgIpc) is 3.03. The molecule has 0 unspecified atom stereocenters. The standard InChI is InChI=1S/C21H23N3O4/c1-4-27-17-12-9-13-23-19(15(3)22-20(17)23)21(26)24(14-18(25)28-5-2)16-10-7-6-8-11-16/h6-13H,4-5,14H2,1-3H3. The van der Waals surface area contributed by atoms with Gasteiger partial charge in [0.05, 0.1) is 18.9 Å². The van der Waals surface area contributed by atoms with Gasteiger partial charge in [0.25, 0.3) is 5.91 Å². The van der Waals surface area contributed by atoms with Crippen molar-refractivity contribution in [1.82, 2.24) is 9.38 Å². The lowest BCUT2D eigenvalue weighted by Crippen LogP contribution is -2.37. The van der Waals surface area contributed by atoms with Crippen LogP contribution >= 0.6 is 0 Å². The number of amides is 1. The Bertz CT molecular complexity index is 982. The van der Waals surface area contributed by atoms with Crippen LogP contribution in [0.5, 0.6) is 5.75 Å². The molecule has 0 aliphatic rings. The molecule has 1 aromatic carbocycles. The monoisotopic (exact) mass is 381 g/mol. The zero-order valence-electron chi connectivity index (χ0n) is 16.2. The first-order chi connectivity index (χ1) is 13.6. The van der Waals surface area contributed by atoms with Crippen LogP contribution in [0, 0.1) is 6.92 Å². The number of rotatable bonds is 7. The van der Waals surface area contributed by atoms with Gasteiger partial charge >= 0.3 is 5.97 Å². The highest BCUT2D eigenvalue weighted by molar-refractivity contribution is 6.08. The van der Waals surface area contributed by atoms with E-state index < -0.39 is 5.97 Å². The van der Waals surface area contributed by atoms with Crippen LogP contribution in [-0.4, -0.2) is 41.0 Å². The summed E-state index contributed by atoms with van der Waals surface area (Å²) in [7, 11) is 0. The van der Waals surface area contributed by atoms with E-state index in [-0.39, 0.29) is 19.1 Å². The lowest BCUT2D eigenvalue weighted by Gasteiger charge is -2.22. The number of hydrogen-bond acceptors (Lipinski definition) is 5. The average molecular weight is 381 g/mol. The van der Waals surface area contributed by atoms with E-state index in [1.807, 2.05) is 31.2 Å². The van der Waals surface area contributed by atoms with Gasteiger partial charge in [0, 0.05) is 11.9 Å². The van der Waals surface area contributed by atoms with Crippen molar-refractivity contribution in [3.63, 3.8) is 0 Å². The van der Waals surface area contributed by atoms with Gasteiger partial charge in [-0.2, -0.15) is 0 Å². The number of aromatic nitrogens is 2. The van der Waals surface area contributed by atoms with Crippen molar-refractivity contribution < 1.29 is 19.1 Å². The molecule has 0 saturated carbocycles. The second-order valence-corrected chi connectivity index (χ2v) is 6.08. The van der Waals surface area contributed by atoms with Crippen molar-refractivity contribution in [1.29, 1.82) is 0 Å². The van der Waals surface area contributed by atoms with E-state index in [0.29, 0.717) is 35.1 Å². The van der Waals surface area contributed by atoms with Crippen LogP contribution in [0.4, 0.5) is 5.69 Å². The molecule has 0 aliphatic carbocycles. The van der Waals surface area contributed by atoms with Crippen molar-refractivity contribution in [3.8, 4) is 5.75 Å². The van der Waals surface area contributed by atoms with Crippen LogP contribution in [0.1, 0.15) is 30.0 Å². The van der Waals surface area contributed by atoms with Gasteiger partial charge in [-0.1, -0.05) is 18.2 Å². The second kappa shape index (κ2) is 8.56. The summed E-state index contributed by atoms with van der Waals surface area (Å²) in [5.74, 6) is -0.206. The Morgan fingerprint density at radius 1 is 1.07 bits per heavy atom. The fourth-order valence-electron chi connectivity index (χ4n) is 3.03. The molecule has 0 bridgehead atoms. The number of hydrogen-bond donors (Lipinski definition) is 0. The lowest BCUT2D eigenvalue weighted by atomic mass is 10.2. The van der Waals surface area contributed by atoms with Crippen LogP contribution in [0.25, 0.3) is 5.65 Å². The summed E-state index contributed by atoms with van der Waals surface area (Å²) >= 11 is 0. The maximum atomic E-state index is 13.5. The highest BCUT2D eigenvalue weighted by Gasteiger charge is 2.27. The van der Waals surface area contributed by atoms with Gasteiger partial charge in [0.2, 0.25) is 0 Å². The van der Waals surface area contributed by atoms with Gasteiger partial charge in [0.1, 0.15) is 12.2 Å². The molecular weight excluding hydrogens is 358 g/mol. The quantitative estimate of drug-likeness (QED) is 0.588. The maximum absolute atomic E-state index is 13.5. The van der Waals surface area contributed by atoms with Gasteiger partial charge < -0.3 is 9.47 Å². The molecule has 0 aliphatic heterocycles. The van der Waals surface area contributed by atoms with Crippen LogP contribution in [0.3, 0.4) is 0 Å². The zero-order valence-corrected chi connectivity index (χ0v) is 16.2. The number of fused-ring (bicyclic) bond motifs is 1. The first kappa shape index (κ1) is 19.4. The highest BCUT2D eigenvalue weighted by atomic mass is 16.5. The number of nitrogens with zero attached hydrogens (tertiary/aromatic N) is 3. The molecule has 0 N–H and O–H groups in total. The number of carbonyl (C=O) groups excluding carboxylic acids is 2. The molecule has 0 saturated heterocycles. The molecule has 7 nitrogen and oxygen atoms in total. The summed E-state index contributed by atoms with van der Waals surface area (Å²) in [5.41, 5.74) is 2.11. The summed E-state index contributed by atoms with van der Waals surface area (Å²) in [6.45, 7) is 5.95. The zero-order chi connectivity index (χ0) is 20.1. The molecule has 146 valence electrons. The molecule has 1 amide bonds. The molecule has 0 atom stereocenters. The van der Waals surface area contributed by atoms with Crippen molar-refractivity contribution >= 4 is 23.2 Å². The van der Waals surface area contributed by atoms with Crippen LogP contribution in [-0.2, 0) is 9.53 Å². The highest BCUT2D eigenvalue weighted by Crippen LogP contribution is 2.25. The number of anilines is 1. The number of imidazole rings is 1. The van der Waals surface area contributed by atoms with Crippen LogP contribution < -0.4 is 9.64 Å². The number of pyridine rings is 1. The number of aryl methyl sites for hydroxylation is 1. The van der Waals surface area contributed by atoms with Gasteiger partial charge in [0.15, 0.2) is 11.4 Å². The Morgan fingerprint density at radius 3 is 2.50 bits per heavy atom. The molecule has 2 heterocycles. The van der Waals surface area contributed by atoms with Gasteiger partial charge in [-0.15, -0.1) is 0 Å².